The first-order valence-corrected chi connectivity index (χ1v) is 10.2. The van der Waals surface area contributed by atoms with E-state index in [1.165, 1.54) is 4.90 Å². The summed E-state index contributed by atoms with van der Waals surface area (Å²) in [6.07, 6.45) is 3.59. The SMILES string of the molecule is O=C(O)CCC1NC2(C(=O)Nc3ccccc32)C2C(=O)N(C3CCCC3)C(=O)C12. The summed E-state index contributed by atoms with van der Waals surface area (Å²) in [6.45, 7) is 0. The molecule has 152 valence electrons. The minimum absolute atomic E-state index is 0.113. The number of rotatable bonds is 4. The highest BCUT2D eigenvalue weighted by atomic mass is 16.4. The van der Waals surface area contributed by atoms with E-state index in [1.54, 1.807) is 24.3 Å². The van der Waals surface area contributed by atoms with Crippen molar-refractivity contribution >= 4 is 29.4 Å². The standard InChI is InChI=1S/C21H23N3O5/c25-15(26)10-9-14-16-17(19(28)24(18(16)27)11-5-1-2-6-11)21(23-14)12-7-3-4-8-13(12)22-20(21)29/h3-4,7-8,11,14,16-17,23H,1-2,5-6,9-10H2,(H,22,29)(H,25,26). The molecule has 0 radical (unpaired) electrons. The summed E-state index contributed by atoms with van der Waals surface area (Å²) in [4.78, 5) is 52.7. The Morgan fingerprint density at radius 3 is 2.59 bits per heavy atom. The molecule has 1 aromatic carbocycles. The number of carbonyl (C=O) groups is 4. The van der Waals surface area contributed by atoms with Crippen LogP contribution in [0.15, 0.2) is 24.3 Å². The quantitative estimate of drug-likeness (QED) is 0.658. The van der Waals surface area contributed by atoms with Crippen LogP contribution >= 0.6 is 0 Å². The Labute approximate surface area is 167 Å². The van der Waals surface area contributed by atoms with Gasteiger partial charge in [-0.2, -0.15) is 0 Å². The molecule has 4 unspecified atom stereocenters. The Hall–Kier alpha value is -2.74. The van der Waals surface area contributed by atoms with Gasteiger partial charge in [-0.3, -0.25) is 29.4 Å². The fourth-order valence-electron chi connectivity index (χ4n) is 5.83. The van der Waals surface area contributed by atoms with E-state index in [0.29, 0.717) is 11.3 Å². The van der Waals surface area contributed by atoms with Crippen molar-refractivity contribution < 1.29 is 24.3 Å². The molecule has 1 aliphatic carbocycles. The molecule has 3 aliphatic heterocycles. The number of para-hydroxylation sites is 1. The maximum absolute atomic E-state index is 13.6. The molecule has 8 nitrogen and oxygen atoms in total. The number of benzene rings is 1. The van der Waals surface area contributed by atoms with Crippen LogP contribution in [0.2, 0.25) is 0 Å². The molecule has 1 spiro atoms. The number of aliphatic carboxylic acids is 1. The van der Waals surface area contributed by atoms with Crippen molar-refractivity contribution in [3.8, 4) is 0 Å². The molecule has 3 heterocycles. The molecule has 4 atom stereocenters. The smallest absolute Gasteiger partial charge is 0.303 e. The van der Waals surface area contributed by atoms with E-state index in [-0.39, 0.29) is 36.6 Å². The van der Waals surface area contributed by atoms with E-state index >= 15 is 0 Å². The van der Waals surface area contributed by atoms with Gasteiger partial charge in [0, 0.05) is 29.8 Å². The fraction of sp³-hybridized carbons (Fsp3) is 0.524. The van der Waals surface area contributed by atoms with E-state index < -0.39 is 29.4 Å². The second kappa shape index (κ2) is 6.38. The van der Waals surface area contributed by atoms with Crippen molar-refractivity contribution in [2.45, 2.75) is 56.1 Å². The first kappa shape index (κ1) is 18.3. The summed E-state index contributed by atoms with van der Waals surface area (Å²) in [6, 6.07) is 6.52. The van der Waals surface area contributed by atoms with Crippen LogP contribution in [0.1, 0.15) is 44.1 Å². The summed E-state index contributed by atoms with van der Waals surface area (Å²) in [5.74, 6) is -3.45. The van der Waals surface area contributed by atoms with Crippen molar-refractivity contribution in [3.05, 3.63) is 29.8 Å². The topological polar surface area (TPSA) is 116 Å². The van der Waals surface area contributed by atoms with E-state index in [1.807, 2.05) is 0 Å². The van der Waals surface area contributed by atoms with Gasteiger partial charge in [-0.05, 0) is 25.3 Å². The lowest BCUT2D eigenvalue weighted by atomic mass is 9.76. The van der Waals surface area contributed by atoms with Crippen LogP contribution < -0.4 is 10.6 Å². The Bertz CT molecular complexity index is 925. The zero-order valence-corrected chi connectivity index (χ0v) is 15.9. The Kier molecular flexibility index (Phi) is 4.03. The average Bonchev–Trinajstić information content (AvgIpc) is 3.42. The fourth-order valence-corrected chi connectivity index (χ4v) is 5.83. The summed E-state index contributed by atoms with van der Waals surface area (Å²) < 4.78 is 0. The summed E-state index contributed by atoms with van der Waals surface area (Å²) >= 11 is 0. The number of nitrogens with zero attached hydrogens (tertiary/aromatic N) is 1. The number of likely N-dealkylation sites (tertiary alicyclic amines) is 1. The van der Waals surface area contributed by atoms with Crippen LogP contribution in [-0.4, -0.2) is 45.8 Å². The van der Waals surface area contributed by atoms with Crippen molar-refractivity contribution in [1.82, 2.24) is 10.2 Å². The molecule has 1 saturated carbocycles. The third-order valence-electron chi connectivity index (χ3n) is 7.02. The van der Waals surface area contributed by atoms with Crippen LogP contribution in [0.4, 0.5) is 5.69 Å². The third-order valence-corrected chi connectivity index (χ3v) is 7.02. The average molecular weight is 397 g/mol. The predicted octanol–water partition coefficient (Wildman–Crippen LogP) is 1.21. The van der Waals surface area contributed by atoms with Gasteiger partial charge in [0.15, 0.2) is 0 Å². The Morgan fingerprint density at radius 1 is 1.14 bits per heavy atom. The highest BCUT2D eigenvalue weighted by Gasteiger charge is 2.70. The van der Waals surface area contributed by atoms with Gasteiger partial charge in [-0.15, -0.1) is 0 Å². The van der Waals surface area contributed by atoms with Crippen LogP contribution in [-0.2, 0) is 24.7 Å². The number of amides is 3. The van der Waals surface area contributed by atoms with E-state index in [2.05, 4.69) is 10.6 Å². The van der Waals surface area contributed by atoms with Gasteiger partial charge >= 0.3 is 5.97 Å². The number of carbonyl (C=O) groups excluding carboxylic acids is 3. The molecule has 0 aromatic heterocycles. The van der Waals surface area contributed by atoms with Crippen LogP contribution in [0.25, 0.3) is 0 Å². The van der Waals surface area contributed by atoms with Crippen molar-refractivity contribution in [1.29, 1.82) is 0 Å². The molecule has 3 fully saturated rings. The summed E-state index contributed by atoms with van der Waals surface area (Å²) in [5, 5.41) is 15.3. The van der Waals surface area contributed by atoms with Gasteiger partial charge in [-0.1, -0.05) is 31.0 Å². The molecule has 1 aromatic rings. The lowest BCUT2D eigenvalue weighted by Gasteiger charge is -2.31. The molecule has 2 saturated heterocycles. The maximum Gasteiger partial charge on any atom is 0.303 e. The van der Waals surface area contributed by atoms with E-state index in [0.717, 1.165) is 25.7 Å². The second-order valence-corrected chi connectivity index (χ2v) is 8.48. The van der Waals surface area contributed by atoms with Gasteiger partial charge in [0.2, 0.25) is 17.7 Å². The zero-order chi connectivity index (χ0) is 20.3. The molecule has 8 heteroatoms. The van der Waals surface area contributed by atoms with E-state index in [9.17, 15) is 19.2 Å². The van der Waals surface area contributed by atoms with Crippen molar-refractivity contribution in [3.63, 3.8) is 0 Å². The molecular formula is C21H23N3O5. The first-order chi connectivity index (χ1) is 13.9. The molecule has 29 heavy (non-hydrogen) atoms. The molecule has 3 N–H and O–H groups in total. The molecular weight excluding hydrogens is 374 g/mol. The molecule has 5 rings (SSSR count). The highest BCUT2D eigenvalue weighted by Crippen LogP contribution is 2.54. The third kappa shape index (κ3) is 2.41. The Balaban J connectivity index is 1.61. The summed E-state index contributed by atoms with van der Waals surface area (Å²) in [7, 11) is 0. The number of hydrogen-bond acceptors (Lipinski definition) is 5. The van der Waals surface area contributed by atoms with Crippen LogP contribution in [0.5, 0.6) is 0 Å². The minimum atomic E-state index is -1.33. The normalized spacial score (nSPS) is 33.4. The van der Waals surface area contributed by atoms with Gasteiger partial charge in [0.1, 0.15) is 5.54 Å². The maximum atomic E-state index is 13.6. The predicted molar refractivity (Wildman–Crippen MR) is 102 cm³/mol. The van der Waals surface area contributed by atoms with Crippen molar-refractivity contribution in [2.24, 2.45) is 11.8 Å². The number of nitrogens with one attached hydrogen (secondary N) is 2. The van der Waals surface area contributed by atoms with Crippen LogP contribution in [0.3, 0.4) is 0 Å². The van der Waals surface area contributed by atoms with Crippen molar-refractivity contribution in [2.75, 3.05) is 5.32 Å². The van der Waals surface area contributed by atoms with E-state index in [4.69, 9.17) is 5.11 Å². The van der Waals surface area contributed by atoms with Gasteiger partial charge in [0.25, 0.3) is 0 Å². The number of imide groups is 1. The van der Waals surface area contributed by atoms with Gasteiger partial charge in [-0.25, -0.2) is 0 Å². The van der Waals surface area contributed by atoms with Gasteiger partial charge < -0.3 is 10.4 Å². The monoisotopic (exact) mass is 397 g/mol. The molecule has 4 aliphatic rings. The molecule has 0 bridgehead atoms. The zero-order valence-electron chi connectivity index (χ0n) is 15.9. The number of fused-ring (bicyclic) bond motifs is 4. The largest absolute Gasteiger partial charge is 0.481 e. The lowest BCUT2D eigenvalue weighted by Crippen LogP contribution is -2.54. The number of carboxylic acids is 1. The van der Waals surface area contributed by atoms with Gasteiger partial charge in [0.05, 0.1) is 11.8 Å². The highest BCUT2D eigenvalue weighted by molar-refractivity contribution is 6.15. The number of carboxylic acid groups (broad SMARTS) is 1. The minimum Gasteiger partial charge on any atom is -0.481 e. The number of hydrogen-bond donors (Lipinski definition) is 3. The summed E-state index contributed by atoms with van der Waals surface area (Å²) in [5.41, 5.74) is -0.0423. The number of anilines is 1. The van der Waals surface area contributed by atoms with Crippen LogP contribution in [0, 0.1) is 11.8 Å². The second-order valence-electron chi connectivity index (χ2n) is 8.48. The lowest BCUT2D eigenvalue weighted by molar-refractivity contribution is -0.145. The molecule has 3 amide bonds. The Morgan fingerprint density at radius 2 is 1.86 bits per heavy atom. The first-order valence-electron chi connectivity index (χ1n) is 10.2.